The fraction of sp³-hybridized carbons (Fsp3) is 1.00. The molecule has 0 aromatic rings. The van der Waals surface area contributed by atoms with E-state index in [1.54, 1.807) is 0 Å². The Hall–Kier alpha value is -0.120. The van der Waals surface area contributed by atoms with E-state index in [4.69, 9.17) is 15.2 Å². The first kappa shape index (κ1) is 14.5. The van der Waals surface area contributed by atoms with Gasteiger partial charge in [-0.1, -0.05) is 20.8 Å². The second-order valence-electron chi connectivity index (χ2n) is 9.54. The van der Waals surface area contributed by atoms with Gasteiger partial charge in [0.05, 0.1) is 11.7 Å². The summed E-state index contributed by atoms with van der Waals surface area (Å²) in [5.41, 5.74) is 7.23. The second kappa shape index (κ2) is 3.52. The Balaban J connectivity index is 1.87. The van der Waals surface area contributed by atoms with Gasteiger partial charge in [-0.3, -0.25) is 0 Å². The topological polar surface area (TPSA) is 44.5 Å². The van der Waals surface area contributed by atoms with E-state index < -0.39 is 5.79 Å². The van der Waals surface area contributed by atoms with Crippen molar-refractivity contribution in [3.05, 3.63) is 0 Å². The molecule has 2 N–H and O–H groups in total. The summed E-state index contributed by atoms with van der Waals surface area (Å²) in [5, 5.41) is 0. The van der Waals surface area contributed by atoms with Crippen LogP contribution in [0.15, 0.2) is 0 Å². The summed E-state index contributed by atoms with van der Waals surface area (Å²) >= 11 is 0. The third-order valence-corrected chi connectivity index (χ3v) is 8.17. The molecule has 3 heteroatoms. The van der Waals surface area contributed by atoms with E-state index in [0.717, 1.165) is 12.8 Å². The number of hydrogen-bond donors (Lipinski definition) is 1. The lowest BCUT2D eigenvalue weighted by Crippen LogP contribution is -2.58. The molecule has 1 aliphatic heterocycles. The van der Waals surface area contributed by atoms with Crippen LogP contribution in [0.25, 0.3) is 0 Å². The molecule has 1 spiro atoms. The minimum absolute atomic E-state index is 0.0612. The van der Waals surface area contributed by atoms with Crippen molar-refractivity contribution in [1.82, 2.24) is 0 Å². The van der Waals surface area contributed by atoms with Gasteiger partial charge >= 0.3 is 0 Å². The zero-order valence-electron chi connectivity index (χ0n) is 14.5. The third kappa shape index (κ3) is 1.34. The van der Waals surface area contributed by atoms with Crippen LogP contribution >= 0.6 is 0 Å². The van der Waals surface area contributed by atoms with Gasteiger partial charge in [-0.05, 0) is 69.1 Å². The van der Waals surface area contributed by atoms with Crippen LogP contribution in [-0.4, -0.2) is 23.0 Å². The smallest absolute Gasteiger partial charge is 0.164 e. The molecule has 21 heavy (non-hydrogen) atoms. The van der Waals surface area contributed by atoms with E-state index in [-0.39, 0.29) is 28.1 Å². The predicted octanol–water partition coefficient (Wildman–Crippen LogP) is 3.46. The van der Waals surface area contributed by atoms with Crippen molar-refractivity contribution in [2.45, 2.75) is 90.3 Å². The van der Waals surface area contributed by atoms with Gasteiger partial charge in [0.15, 0.2) is 5.79 Å². The van der Waals surface area contributed by atoms with Crippen LogP contribution in [-0.2, 0) is 9.47 Å². The number of fused-ring (bicyclic) bond motifs is 3. The zero-order valence-corrected chi connectivity index (χ0v) is 14.5. The van der Waals surface area contributed by atoms with Crippen molar-refractivity contribution in [3.8, 4) is 0 Å². The van der Waals surface area contributed by atoms with Gasteiger partial charge in [0.25, 0.3) is 0 Å². The van der Waals surface area contributed by atoms with Crippen LogP contribution in [0, 0.1) is 22.7 Å². The molecule has 4 aliphatic rings. The third-order valence-electron chi connectivity index (χ3n) is 8.17. The number of ether oxygens (including phenoxy) is 2. The minimum Gasteiger partial charge on any atom is -0.344 e. The van der Waals surface area contributed by atoms with Crippen LogP contribution in [0.5, 0.6) is 0 Å². The summed E-state index contributed by atoms with van der Waals surface area (Å²) in [5.74, 6) is 0.720. The molecule has 1 saturated heterocycles. The summed E-state index contributed by atoms with van der Waals surface area (Å²) in [6.45, 7) is 13.6. The van der Waals surface area contributed by atoms with Gasteiger partial charge in [0.1, 0.15) is 0 Å². The van der Waals surface area contributed by atoms with Gasteiger partial charge in [-0.2, -0.15) is 0 Å². The lowest BCUT2D eigenvalue weighted by Gasteiger charge is -2.47. The Morgan fingerprint density at radius 3 is 2.38 bits per heavy atom. The van der Waals surface area contributed by atoms with Crippen molar-refractivity contribution in [2.24, 2.45) is 28.4 Å². The normalized spacial score (nSPS) is 59.9. The zero-order chi connectivity index (χ0) is 15.5. The Labute approximate surface area is 128 Å². The van der Waals surface area contributed by atoms with E-state index >= 15 is 0 Å². The van der Waals surface area contributed by atoms with Crippen LogP contribution in [0.3, 0.4) is 0 Å². The second-order valence-corrected chi connectivity index (χ2v) is 9.54. The van der Waals surface area contributed by atoms with Crippen molar-refractivity contribution in [2.75, 3.05) is 0 Å². The standard InChI is InChI=1S/C18H31NO2/c1-11-7-8-18(19)14(2,3)12-9-17(11,18)10-13-16(12,6)21-15(4,5)20-13/h11-13H,7-10,19H2,1-6H3/t11-,12-,13-,16-,17-,18-/m1/s1. The van der Waals surface area contributed by atoms with E-state index in [1.807, 2.05) is 0 Å². The molecule has 4 fully saturated rings. The summed E-state index contributed by atoms with van der Waals surface area (Å²) in [6.07, 6.45) is 4.90. The first-order valence-corrected chi connectivity index (χ1v) is 8.65. The average molecular weight is 293 g/mol. The van der Waals surface area contributed by atoms with Crippen LogP contribution < -0.4 is 5.73 Å². The van der Waals surface area contributed by atoms with E-state index in [0.29, 0.717) is 11.8 Å². The maximum absolute atomic E-state index is 7.13. The first-order valence-electron chi connectivity index (χ1n) is 8.65. The number of nitrogens with two attached hydrogens (primary N) is 1. The fourth-order valence-corrected chi connectivity index (χ4v) is 7.02. The van der Waals surface area contributed by atoms with Gasteiger partial charge in [-0.15, -0.1) is 0 Å². The van der Waals surface area contributed by atoms with E-state index in [1.165, 1.54) is 12.8 Å². The molecule has 0 unspecified atom stereocenters. The largest absolute Gasteiger partial charge is 0.344 e. The van der Waals surface area contributed by atoms with Gasteiger partial charge in [-0.25, -0.2) is 0 Å². The van der Waals surface area contributed by atoms with Gasteiger partial charge in [0.2, 0.25) is 0 Å². The molecular weight excluding hydrogens is 262 g/mol. The summed E-state index contributed by atoms with van der Waals surface area (Å²) in [7, 11) is 0. The van der Waals surface area contributed by atoms with Crippen molar-refractivity contribution in [1.29, 1.82) is 0 Å². The lowest BCUT2D eigenvalue weighted by molar-refractivity contribution is -0.177. The molecule has 3 nitrogen and oxygen atoms in total. The average Bonchev–Trinajstić information content (AvgIpc) is 2.79. The van der Waals surface area contributed by atoms with Crippen LogP contribution in [0.4, 0.5) is 0 Å². The molecule has 0 aromatic carbocycles. The molecular formula is C18H31NO2. The van der Waals surface area contributed by atoms with E-state index in [9.17, 15) is 0 Å². The highest BCUT2D eigenvalue weighted by atomic mass is 16.8. The summed E-state index contributed by atoms with van der Waals surface area (Å²) in [4.78, 5) is 0. The number of hydrogen-bond acceptors (Lipinski definition) is 3. The highest BCUT2D eigenvalue weighted by molar-refractivity contribution is 5.30. The van der Waals surface area contributed by atoms with Crippen LogP contribution in [0.2, 0.25) is 0 Å². The summed E-state index contributed by atoms with van der Waals surface area (Å²) < 4.78 is 12.8. The van der Waals surface area contributed by atoms with Gasteiger partial charge < -0.3 is 15.2 Å². The predicted molar refractivity (Wildman–Crippen MR) is 82.7 cm³/mol. The SMILES string of the molecule is C[C@@H]1CC[C@@]2(N)C(C)(C)[C@H]3C[C@@]12C[C@H]1OC(C)(C)O[C@]31C. The Morgan fingerprint density at radius 2 is 1.71 bits per heavy atom. The summed E-state index contributed by atoms with van der Waals surface area (Å²) in [6, 6.07) is 0. The highest BCUT2D eigenvalue weighted by Crippen LogP contribution is 2.76. The lowest BCUT2D eigenvalue weighted by atomic mass is 9.61. The highest BCUT2D eigenvalue weighted by Gasteiger charge is 2.78. The fourth-order valence-electron chi connectivity index (χ4n) is 7.02. The Morgan fingerprint density at radius 1 is 1.05 bits per heavy atom. The molecule has 1 heterocycles. The van der Waals surface area contributed by atoms with E-state index in [2.05, 4.69) is 41.5 Å². The molecule has 0 aromatic heterocycles. The van der Waals surface area contributed by atoms with Crippen molar-refractivity contribution in [3.63, 3.8) is 0 Å². The molecule has 3 saturated carbocycles. The minimum atomic E-state index is -0.463. The van der Waals surface area contributed by atoms with Crippen molar-refractivity contribution < 1.29 is 9.47 Å². The molecule has 0 amide bonds. The monoisotopic (exact) mass is 293 g/mol. The number of rotatable bonds is 0. The Kier molecular flexibility index (Phi) is 2.42. The maximum atomic E-state index is 7.13. The van der Waals surface area contributed by atoms with Crippen LogP contribution in [0.1, 0.15) is 67.2 Å². The van der Waals surface area contributed by atoms with Gasteiger partial charge in [0, 0.05) is 5.54 Å². The molecule has 0 radical (unpaired) electrons. The molecule has 120 valence electrons. The molecule has 6 atom stereocenters. The maximum Gasteiger partial charge on any atom is 0.164 e. The first-order chi connectivity index (χ1) is 9.49. The quantitative estimate of drug-likeness (QED) is 0.744. The Bertz CT molecular complexity index is 497. The molecule has 3 aliphatic carbocycles. The molecule has 2 bridgehead atoms. The van der Waals surface area contributed by atoms with Crippen molar-refractivity contribution >= 4 is 0 Å². The molecule has 4 rings (SSSR count).